The maximum Gasteiger partial charge on any atom is 0.222 e. The third-order valence-electron chi connectivity index (χ3n) is 6.48. The fourth-order valence-electron chi connectivity index (χ4n) is 4.53. The average molecular weight is 483 g/mol. The van der Waals surface area contributed by atoms with Gasteiger partial charge in [-0.25, -0.2) is 15.0 Å². The first-order valence-electron chi connectivity index (χ1n) is 12.3. The summed E-state index contributed by atoms with van der Waals surface area (Å²) >= 11 is 0. The van der Waals surface area contributed by atoms with Gasteiger partial charge in [-0.15, -0.1) is 0 Å². The van der Waals surface area contributed by atoms with Gasteiger partial charge in [0.15, 0.2) is 0 Å². The van der Waals surface area contributed by atoms with Crippen molar-refractivity contribution in [3.8, 4) is 28.5 Å². The monoisotopic (exact) mass is 482 g/mol. The Kier molecular flexibility index (Phi) is 7.21. The van der Waals surface area contributed by atoms with Gasteiger partial charge < -0.3 is 19.5 Å². The lowest BCUT2D eigenvalue weighted by atomic mass is 10.1. The Hall–Kier alpha value is -4.20. The van der Waals surface area contributed by atoms with Crippen LogP contribution in [0.25, 0.3) is 22.6 Å². The summed E-state index contributed by atoms with van der Waals surface area (Å²) in [5.41, 5.74) is 4.15. The molecule has 4 aromatic rings. The summed E-state index contributed by atoms with van der Waals surface area (Å²) in [5.74, 6) is 2.42. The molecule has 0 unspecified atom stereocenters. The number of benzene rings is 2. The van der Waals surface area contributed by atoms with Gasteiger partial charge in [0.05, 0.1) is 12.8 Å². The fraction of sp³-hybridized carbons (Fsp3) is 0.286. The SMILES string of the molecule is COc1cc(N2CCN(C(=O)CCCc3[nH]c(-c4ccccc4)nc3-c3ccccc3)CC2)ncn1. The van der Waals surface area contributed by atoms with Crippen molar-refractivity contribution >= 4 is 11.7 Å². The number of nitrogens with one attached hydrogen (secondary N) is 1. The van der Waals surface area contributed by atoms with E-state index >= 15 is 0 Å². The first-order valence-corrected chi connectivity index (χ1v) is 12.3. The van der Waals surface area contributed by atoms with E-state index in [2.05, 4.69) is 44.1 Å². The van der Waals surface area contributed by atoms with E-state index in [1.807, 2.05) is 47.4 Å². The molecule has 0 spiro atoms. The lowest BCUT2D eigenvalue weighted by Gasteiger charge is -2.35. The molecule has 3 heterocycles. The molecule has 0 bridgehead atoms. The molecule has 36 heavy (non-hydrogen) atoms. The highest BCUT2D eigenvalue weighted by atomic mass is 16.5. The highest BCUT2D eigenvalue weighted by Crippen LogP contribution is 2.27. The Labute approximate surface area is 211 Å². The van der Waals surface area contributed by atoms with Crippen LogP contribution in [0.3, 0.4) is 0 Å². The Bertz CT molecular complexity index is 1280. The van der Waals surface area contributed by atoms with Crippen molar-refractivity contribution in [1.82, 2.24) is 24.8 Å². The summed E-state index contributed by atoms with van der Waals surface area (Å²) in [6, 6.07) is 22.2. The Morgan fingerprint density at radius 1 is 0.944 bits per heavy atom. The molecular formula is C28H30N6O2. The topological polar surface area (TPSA) is 87.2 Å². The maximum absolute atomic E-state index is 12.9. The van der Waals surface area contributed by atoms with Gasteiger partial charge in [0.1, 0.15) is 18.0 Å². The normalized spacial score (nSPS) is 13.6. The largest absolute Gasteiger partial charge is 0.481 e. The molecule has 8 heteroatoms. The van der Waals surface area contributed by atoms with Gasteiger partial charge in [0, 0.05) is 55.5 Å². The number of aromatic nitrogens is 4. The minimum atomic E-state index is 0.193. The molecular weight excluding hydrogens is 452 g/mol. The van der Waals surface area contributed by atoms with Crippen LogP contribution in [-0.4, -0.2) is 64.0 Å². The van der Waals surface area contributed by atoms with Gasteiger partial charge in [-0.2, -0.15) is 0 Å². The standard InChI is InChI=1S/C28H30N6O2/c1-36-25-19-24(29-20-30-25)33-15-17-34(18-16-33)26(35)14-8-13-23-27(21-9-4-2-5-10-21)32-28(31-23)22-11-6-3-7-12-22/h2-7,9-12,19-20H,8,13-18H2,1H3,(H,31,32). The number of methoxy groups -OCH3 is 1. The van der Waals surface area contributed by atoms with Crippen LogP contribution in [0.5, 0.6) is 5.88 Å². The zero-order valence-electron chi connectivity index (χ0n) is 20.4. The van der Waals surface area contributed by atoms with Gasteiger partial charge in [0.25, 0.3) is 0 Å². The number of aryl methyl sites for hydroxylation is 1. The number of carbonyl (C=O) groups excluding carboxylic acids is 1. The first kappa shape index (κ1) is 23.5. The van der Waals surface area contributed by atoms with E-state index in [1.165, 1.54) is 6.33 Å². The number of nitrogens with zero attached hydrogens (tertiary/aromatic N) is 5. The lowest BCUT2D eigenvalue weighted by Crippen LogP contribution is -2.49. The second kappa shape index (κ2) is 11.0. The molecule has 1 aliphatic rings. The Balaban J connectivity index is 1.20. The van der Waals surface area contributed by atoms with Crippen LogP contribution < -0.4 is 9.64 Å². The molecule has 2 aromatic carbocycles. The molecule has 1 fully saturated rings. The molecule has 0 saturated carbocycles. The van der Waals surface area contributed by atoms with Crippen molar-refractivity contribution in [3.05, 3.63) is 78.8 Å². The molecule has 2 aromatic heterocycles. The minimum Gasteiger partial charge on any atom is -0.481 e. The number of piperazine rings is 1. The first-order chi connectivity index (χ1) is 17.7. The maximum atomic E-state index is 12.9. The lowest BCUT2D eigenvalue weighted by molar-refractivity contribution is -0.131. The van der Waals surface area contributed by atoms with E-state index < -0.39 is 0 Å². The molecule has 184 valence electrons. The van der Waals surface area contributed by atoms with Crippen LogP contribution in [0, 0.1) is 0 Å². The van der Waals surface area contributed by atoms with Crippen molar-refractivity contribution in [2.75, 3.05) is 38.2 Å². The van der Waals surface area contributed by atoms with Gasteiger partial charge in [-0.05, 0) is 12.8 Å². The zero-order valence-corrected chi connectivity index (χ0v) is 20.4. The third kappa shape index (κ3) is 5.38. The zero-order chi connectivity index (χ0) is 24.7. The molecule has 8 nitrogen and oxygen atoms in total. The number of amides is 1. The highest BCUT2D eigenvalue weighted by Gasteiger charge is 2.22. The smallest absolute Gasteiger partial charge is 0.222 e. The Morgan fingerprint density at radius 2 is 1.64 bits per heavy atom. The second-order valence-corrected chi connectivity index (χ2v) is 8.78. The summed E-state index contributed by atoms with van der Waals surface area (Å²) in [4.78, 5) is 33.9. The van der Waals surface area contributed by atoms with E-state index in [-0.39, 0.29) is 5.91 Å². The molecule has 1 amide bonds. The summed E-state index contributed by atoms with van der Waals surface area (Å²) in [7, 11) is 1.59. The van der Waals surface area contributed by atoms with Crippen LogP contribution in [-0.2, 0) is 11.2 Å². The van der Waals surface area contributed by atoms with Crippen LogP contribution in [0.2, 0.25) is 0 Å². The number of hydrogen-bond donors (Lipinski definition) is 1. The van der Waals surface area contributed by atoms with Crippen LogP contribution >= 0.6 is 0 Å². The molecule has 0 atom stereocenters. The second-order valence-electron chi connectivity index (χ2n) is 8.78. The van der Waals surface area contributed by atoms with E-state index in [1.54, 1.807) is 7.11 Å². The van der Waals surface area contributed by atoms with E-state index in [0.717, 1.165) is 60.1 Å². The molecule has 1 N–H and O–H groups in total. The number of aromatic amines is 1. The van der Waals surface area contributed by atoms with Gasteiger partial charge in [-0.1, -0.05) is 60.7 Å². The van der Waals surface area contributed by atoms with Crippen LogP contribution in [0.4, 0.5) is 5.82 Å². The van der Waals surface area contributed by atoms with E-state index in [4.69, 9.17) is 9.72 Å². The number of anilines is 1. The third-order valence-corrected chi connectivity index (χ3v) is 6.48. The average Bonchev–Trinajstić information content (AvgIpc) is 3.38. The molecule has 1 aliphatic heterocycles. The number of ether oxygens (including phenoxy) is 1. The summed E-state index contributed by atoms with van der Waals surface area (Å²) in [6.45, 7) is 2.85. The minimum absolute atomic E-state index is 0.193. The summed E-state index contributed by atoms with van der Waals surface area (Å²) in [6.07, 6.45) is 3.54. The van der Waals surface area contributed by atoms with Crippen LogP contribution in [0.1, 0.15) is 18.5 Å². The fourth-order valence-corrected chi connectivity index (χ4v) is 4.53. The molecule has 1 saturated heterocycles. The van der Waals surface area contributed by atoms with Crippen molar-refractivity contribution in [2.24, 2.45) is 0 Å². The Morgan fingerprint density at radius 3 is 2.33 bits per heavy atom. The van der Waals surface area contributed by atoms with Gasteiger partial charge >= 0.3 is 0 Å². The van der Waals surface area contributed by atoms with E-state index in [0.29, 0.717) is 25.4 Å². The highest BCUT2D eigenvalue weighted by molar-refractivity contribution is 5.76. The molecule has 0 radical (unpaired) electrons. The quantitative estimate of drug-likeness (QED) is 0.405. The van der Waals surface area contributed by atoms with Gasteiger partial charge in [0.2, 0.25) is 11.8 Å². The number of rotatable bonds is 8. The molecule has 5 rings (SSSR count). The molecule has 0 aliphatic carbocycles. The predicted molar refractivity (Wildman–Crippen MR) is 140 cm³/mol. The summed E-state index contributed by atoms with van der Waals surface area (Å²) < 4.78 is 5.20. The number of carbonyl (C=O) groups is 1. The van der Waals surface area contributed by atoms with E-state index in [9.17, 15) is 4.79 Å². The van der Waals surface area contributed by atoms with Gasteiger partial charge in [-0.3, -0.25) is 4.79 Å². The number of imidazole rings is 1. The summed E-state index contributed by atoms with van der Waals surface area (Å²) in [5, 5.41) is 0. The predicted octanol–water partition coefficient (Wildman–Crippen LogP) is 4.21. The number of H-pyrrole nitrogens is 1. The van der Waals surface area contributed by atoms with Crippen molar-refractivity contribution < 1.29 is 9.53 Å². The van der Waals surface area contributed by atoms with Crippen molar-refractivity contribution in [1.29, 1.82) is 0 Å². The van der Waals surface area contributed by atoms with Crippen molar-refractivity contribution in [3.63, 3.8) is 0 Å². The van der Waals surface area contributed by atoms with Crippen molar-refractivity contribution in [2.45, 2.75) is 19.3 Å². The van der Waals surface area contributed by atoms with Crippen LogP contribution in [0.15, 0.2) is 73.1 Å². The number of hydrogen-bond acceptors (Lipinski definition) is 6.